The third kappa shape index (κ3) is 3.72. The number of aryl methyl sites for hydroxylation is 1. The number of hydrogen-bond donors (Lipinski definition) is 1. The van der Waals surface area contributed by atoms with E-state index in [9.17, 15) is 17.2 Å². The number of rotatable bonds is 5. The second kappa shape index (κ2) is 6.69. The number of halogens is 2. The highest BCUT2D eigenvalue weighted by Gasteiger charge is 2.19. The van der Waals surface area contributed by atoms with Crippen LogP contribution in [-0.4, -0.2) is 18.6 Å². The summed E-state index contributed by atoms with van der Waals surface area (Å²) in [6.45, 7) is 1.21. The number of nitrogens with one attached hydrogen (secondary N) is 1. The molecular weight excluding hydrogens is 352 g/mol. The maximum absolute atomic E-state index is 13.7. The highest BCUT2D eigenvalue weighted by atomic mass is 32.2. The summed E-state index contributed by atoms with van der Waals surface area (Å²) in [6.07, 6.45) is 0. The number of sulfonamides is 1. The summed E-state index contributed by atoms with van der Waals surface area (Å²) < 4.78 is 58.6. The Morgan fingerprint density at radius 1 is 1.16 bits per heavy atom. The van der Waals surface area contributed by atoms with Crippen LogP contribution in [0.1, 0.15) is 11.5 Å². The minimum Gasteiger partial charge on any atom is -0.338 e. The van der Waals surface area contributed by atoms with Gasteiger partial charge < -0.3 is 4.52 Å². The molecule has 0 bridgehead atoms. The lowest BCUT2D eigenvalue weighted by atomic mass is 10.2. The van der Waals surface area contributed by atoms with E-state index in [0.717, 1.165) is 12.1 Å². The maximum Gasteiger partial charge on any atom is 0.242 e. The van der Waals surface area contributed by atoms with Crippen molar-refractivity contribution in [2.45, 2.75) is 18.4 Å². The van der Waals surface area contributed by atoms with Gasteiger partial charge in [0.25, 0.3) is 0 Å². The van der Waals surface area contributed by atoms with Gasteiger partial charge in [-0.2, -0.15) is 4.98 Å². The molecule has 0 amide bonds. The smallest absolute Gasteiger partial charge is 0.242 e. The van der Waals surface area contributed by atoms with Gasteiger partial charge in [0.2, 0.25) is 21.7 Å². The lowest BCUT2D eigenvalue weighted by molar-refractivity contribution is 0.375. The molecule has 9 heteroatoms. The minimum absolute atomic E-state index is 0.0188. The van der Waals surface area contributed by atoms with E-state index in [1.807, 2.05) is 0 Å². The van der Waals surface area contributed by atoms with Crippen molar-refractivity contribution in [3.05, 3.63) is 65.6 Å². The predicted molar refractivity (Wildman–Crippen MR) is 84.9 cm³/mol. The quantitative estimate of drug-likeness (QED) is 0.751. The van der Waals surface area contributed by atoms with Gasteiger partial charge in [-0.3, -0.25) is 0 Å². The van der Waals surface area contributed by atoms with Gasteiger partial charge >= 0.3 is 0 Å². The average molecular weight is 365 g/mol. The SMILES string of the molecule is Cc1cc(F)ccc1S(=O)(=O)NCc1nc(-c2ccccc2F)no1. The molecule has 0 spiro atoms. The Morgan fingerprint density at radius 2 is 1.92 bits per heavy atom. The zero-order valence-corrected chi connectivity index (χ0v) is 13.8. The van der Waals surface area contributed by atoms with Crippen LogP contribution in [-0.2, 0) is 16.6 Å². The Labute approximate surface area is 142 Å². The Bertz CT molecular complexity index is 1020. The second-order valence-corrected chi connectivity index (χ2v) is 6.96. The molecule has 0 saturated heterocycles. The van der Waals surface area contributed by atoms with Crippen LogP contribution in [0, 0.1) is 18.6 Å². The van der Waals surface area contributed by atoms with E-state index >= 15 is 0 Å². The highest BCUT2D eigenvalue weighted by Crippen LogP contribution is 2.20. The van der Waals surface area contributed by atoms with E-state index in [2.05, 4.69) is 14.9 Å². The molecule has 0 aliphatic carbocycles. The molecule has 6 nitrogen and oxygen atoms in total. The van der Waals surface area contributed by atoms with Crippen LogP contribution in [0.2, 0.25) is 0 Å². The van der Waals surface area contributed by atoms with Crippen molar-refractivity contribution >= 4 is 10.0 Å². The second-order valence-electron chi connectivity index (χ2n) is 5.23. The molecule has 2 aromatic carbocycles. The largest absolute Gasteiger partial charge is 0.338 e. The van der Waals surface area contributed by atoms with Gasteiger partial charge in [0.15, 0.2) is 0 Å². The van der Waals surface area contributed by atoms with Gasteiger partial charge in [-0.1, -0.05) is 17.3 Å². The van der Waals surface area contributed by atoms with Crippen LogP contribution in [0.25, 0.3) is 11.4 Å². The van der Waals surface area contributed by atoms with E-state index in [-0.39, 0.29) is 34.3 Å². The molecule has 0 aliphatic heterocycles. The molecule has 0 saturated carbocycles. The van der Waals surface area contributed by atoms with E-state index in [4.69, 9.17) is 4.52 Å². The predicted octanol–water partition coefficient (Wildman–Crippen LogP) is 2.80. The van der Waals surface area contributed by atoms with E-state index in [0.29, 0.717) is 0 Å². The first-order chi connectivity index (χ1) is 11.9. The Morgan fingerprint density at radius 3 is 2.64 bits per heavy atom. The van der Waals surface area contributed by atoms with Gasteiger partial charge in [-0.15, -0.1) is 0 Å². The first-order valence-electron chi connectivity index (χ1n) is 7.20. The van der Waals surface area contributed by atoms with Crippen LogP contribution >= 0.6 is 0 Å². The molecule has 130 valence electrons. The molecule has 0 fully saturated rings. The molecule has 1 N–H and O–H groups in total. The van der Waals surface area contributed by atoms with E-state index < -0.39 is 21.7 Å². The van der Waals surface area contributed by atoms with Gasteiger partial charge in [0.1, 0.15) is 11.6 Å². The fourth-order valence-electron chi connectivity index (χ4n) is 2.23. The van der Waals surface area contributed by atoms with Crippen molar-refractivity contribution in [2.24, 2.45) is 0 Å². The van der Waals surface area contributed by atoms with Crippen molar-refractivity contribution in [3.63, 3.8) is 0 Å². The van der Waals surface area contributed by atoms with Crippen molar-refractivity contribution in [3.8, 4) is 11.4 Å². The van der Waals surface area contributed by atoms with Crippen LogP contribution in [0.4, 0.5) is 8.78 Å². The van der Waals surface area contributed by atoms with Crippen LogP contribution in [0.3, 0.4) is 0 Å². The van der Waals surface area contributed by atoms with Crippen LogP contribution in [0.15, 0.2) is 51.9 Å². The van der Waals surface area contributed by atoms with Gasteiger partial charge in [-0.05, 0) is 42.8 Å². The average Bonchev–Trinajstić information content (AvgIpc) is 3.02. The summed E-state index contributed by atoms with van der Waals surface area (Å²) in [4.78, 5) is 3.92. The van der Waals surface area contributed by atoms with Crippen molar-refractivity contribution < 1.29 is 21.7 Å². The monoisotopic (exact) mass is 365 g/mol. The third-order valence-electron chi connectivity index (χ3n) is 3.42. The summed E-state index contributed by atoms with van der Waals surface area (Å²) in [5.74, 6) is -1.05. The van der Waals surface area contributed by atoms with Gasteiger partial charge in [-0.25, -0.2) is 21.9 Å². The number of benzene rings is 2. The molecule has 0 radical (unpaired) electrons. The van der Waals surface area contributed by atoms with Crippen LogP contribution in [0.5, 0.6) is 0 Å². The van der Waals surface area contributed by atoms with Crippen molar-refractivity contribution in [1.82, 2.24) is 14.9 Å². The lowest BCUT2D eigenvalue weighted by Gasteiger charge is -2.07. The molecule has 0 aliphatic rings. The fraction of sp³-hybridized carbons (Fsp3) is 0.125. The highest BCUT2D eigenvalue weighted by molar-refractivity contribution is 7.89. The summed E-state index contributed by atoms with van der Waals surface area (Å²) in [7, 11) is -3.89. The molecule has 0 atom stereocenters. The first-order valence-corrected chi connectivity index (χ1v) is 8.68. The molecule has 25 heavy (non-hydrogen) atoms. The summed E-state index contributed by atoms with van der Waals surface area (Å²) in [6, 6.07) is 9.24. The molecule has 1 aromatic heterocycles. The van der Waals surface area contributed by atoms with Crippen LogP contribution < -0.4 is 4.72 Å². The zero-order chi connectivity index (χ0) is 18.0. The molecule has 3 rings (SSSR count). The number of aromatic nitrogens is 2. The first kappa shape index (κ1) is 17.2. The Hall–Kier alpha value is -2.65. The molecule has 3 aromatic rings. The topological polar surface area (TPSA) is 85.1 Å². The van der Waals surface area contributed by atoms with Gasteiger partial charge in [0, 0.05) is 0 Å². The van der Waals surface area contributed by atoms with Gasteiger partial charge in [0.05, 0.1) is 17.0 Å². The standard InChI is InChI=1S/C16H13F2N3O3S/c1-10-8-11(17)6-7-14(10)25(22,23)19-9-15-20-16(21-24-15)12-4-2-3-5-13(12)18/h2-8,19H,9H2,1H3. The number of hydrogen-bond acceptors (Lipinski definition) is 5. The number of nitrogens with zero attached hydrogens (tertiary/aromatic N) is 2. The third-order valence-corrected chi connectivity index (χ3v) is 4.98. The normalized spacial score (nSPS) is 11.6. The summed E-state index contributed by atoms with van der Waals surface area (Å²) in [5, 5.41) is 3.64. The Kier molecular flexibility index (Phi) is 4.60. The van der Waals surface area contributed by atoms with E-state index in [1.54, 1.807) is 6.07 Å². The lowest BCUT2D eigenvalue weighted by Crippen LogP contribution is -2.24. The van der Waals surface area contributed by atoms with Crippen molar-refractivity contribution in [1.29, 1.82) is 0 Å². The van der Waals surface area contributed by atoms with E-state index in [1.165, 1.54) is 31.2 Å². The molecule has 0 unspecified atom stereocenters. The molecule has 1 heterocycles. The summed E-state index contributed by atoms with van der Waals surface area (Å²) >= 11 is 0. The van der Waals surface area contributed by atoms with Crippen molar-refractivity contribution in [2.75, 3.05) is 0 Å². The fourth-order valence-corrected chi connectivity index (χ4v) is 3.43. The minimum atomic E-state index is -3.89. The summed E-state index contributed by atoms with van der Waals surface area (Å²) in [5.41, 5.74) is 0.416. The maximum atomic E-state index is 13.7. The Balaban J connectivity index is 1.77. The zero-order valence-electron chi connectivity index (χ0n) is 13.0. The molecular formula is C16H13F2N3O3S.